The van der Waals surface area contributed by atoms with Gasteiger partial charge in [0.1, 0.15) is 47.5 Å². The van der Waals surface area contributed by atoms with Crippen LogP contribution in [0.3, 0.4) is 0 Å². The van der Waals surface area contributed by atoms with Crippen LogP contribution in [0.25, 0.3) is 0 Å². The number of rotatable bonds is 11. The minimum absolute atomic E-state index is 0.0681. The molecule has 0 bridgehead atoms. The lowest BCUT2D eigenvalue weighted by Crippen LogP contribution is -2.64. The van der Waals surface area contributed by atoms with E-state index in [4.69, 9.17) is 23.3 Å². The zero-order valence-electron chi connectivity index (χ0n) is 22.6. The summed E-state index contributed by atoms with van der Waals surface area (Å²) in [4.78, 5) is 24.6. The molecule has 0 spiro atoms. The van der Waals surface area contributed by atoms with Gasteiger partial charge in [-0.1, -0.05) is 13.8 Å². The highest BCUT2D eigenvalue weighted by Crippen LogP contribution is 2.49. The lowest BCUT2D eigenvalue weighted by Gasteiger charge is -2.43. The van der Waals surface area contributed by atoms with Crippen LogP contribution in [0.5, 0.6) is 11.5 Å². The van der Waals surface area contributed by atoms with Crippen molar-refractivity contribution in [3.8, 4) is 11.5 Å². The van der Waals surface area contributed by atoms with Crippen molar-refractivity contribution in [1.29, 1.82) is 0 Å². The van der Waals surface area contributed by atoms with Crippen LogP contribution in [-0.4, -0.2) is 83.2 Å². The van der Waals surface area contributed by atoms with Crippen molar-refractivity contribution in [3.05, 3.63) is 24.3 Å². The summed E-state index contributed by atoms with van der Waals surface area (Å²) in [6.45, 7) is 8.85. The zero-order chi connectivity index (χ0) is 28.8. The van der Waals surface area contributed by atoms with Gasteiger partial charge in [0.15, 0.2) is 6.29 Å². The van der Waals surface area contributed by atoms with E-state index in [1.165, 1.54) is 26.2 Å². The fraction of sp³-hybridized carbons (Fsp3) is 0.667. The van der Waals surface area contributed by atoms with Gasteiger partial charge in [-0.3, -0.25) is 14.1 Å². The molecular formula is C24H39N2O11P. The van der Waals surface area contributed by atoms with Crippen molar-refractivity contribution < 1.29 is 52.7 Å². The summed E-state index contributed by atoms with van der Waals surface area (Å²) in [5.41, 5.74) is -0.843. The molecule has 38 heavy (non-hydrogen) atoms. The van der Waals surface area contributed by atoms with Gasteiger partial charge in [-0.05, 0) is 51.0 Å². The Labute approximate surface area is 222 Å². The van der Waals surface area contributed by atoms with Gasteiger partial charge < -0.3 is 39.4 Å². The van der Waals surface area contributed by atoms with E-state index in [0.29, 0.717) is 5.75 Å². The number of aliphatic hydroxyl groups is 3. The lowest BCUT2D eigenvalue weighted by molar-refractivity contribution is -0.249. The quantitative estimate of drug-likeness (QED) is 0.192. The van der Waals surface area contributed by atoms with Gasteiger partial charge >= 0.3 is 13.7 Å². The van der Waals surface area contributed by atoms with E-state index in [1.807, 2.05) is 0 Å². The van der Waals surface area contributed by atoms with Crippen LogP contribution in [0.4, 0.5) is 0 Å². The predicted octanol–water partition coefficient (Wildman–Crippen LogP) is 1.10. The molecule has 2 unspecified atom stereocenters. The Kier molecular flexibility index (Phi) is 11.1. The van der Waals surface area contributed by atoms with E-state index in [-0.39, 0.29) is 5.75 Å². The van der Waals surface area contributed by atoms with Crippen LogP contribution in [0, 0.1) is 5.92 Å². The molecule has 2 rings (SSSR count). The van der Waals surface area contributed by atoms with E-state index in [0.717, 1.165) is 0 Å². The first-order valence-corrected chi connectivity index (χ1v) is 13.7. The van der Waals surface area contributed by atoms with Crippen LogP contribution in [0.2, 0.25) is 0 Å². The molecule has 0 saturated carbocycles. The van der Waals surface area contributed by atoms with Crippen molar-refractivity contribution >= 4 is 19.6 Å². The average molecular weight is 563 g/mol. The number of ether oxygens (including phenoxy) is 3. The fourth-order valence-corrected chi connectivity index (χ4v) is 5.51. The fourth-order valence-electron chi connectivity index (χ4n) is 3.63. The molecule has 1 aromatic carbocycles. The molecule has 1 heterocycles. The highest BCUT2D eigenvalue weighted by molar-refractivity contribution is 7.52. The third kappa shape index (κ3) is 8.91. The summed E-state index contributed by atoms with van der Waals surface area (Å²) in [6.07, 6.45) is -6.30. The molecule has 1 saturated heterocycles. The Morgan fingerprint density at radius 3 is 2.18 bits per heavy atom. The normalized spacial score (nSPS) is 26.2. The number of amides is 1. The van der Waals surface area contributed by atoms with E-state index in [2.05, 4.69) is 10.4 Å². The van der Waals surface area contributed by atoms with Gasteiger partial charge in [0, 0.05) is 6.92 Å². The first-order chi connectivity index (χ1) is 17.6. The Bertz CT molecular complexity index is 983. The maximum absolute atomic E-state index is 14.2. The molecule has 1 aliphatic heterocycles. The van der Waals surface area contributed by atoms with Crippen molar-refractivity contribution in [3.63, 3.8) is 0 Å². The van der Waals surface area contributed by atoms with Gasteiger partial charge in [-0.25, -0.2) is 4.57 Å². The molecule has 0 aromatic heterocycles. The highest BCUT2D eigenvalue weighted by Gasteiger charge is 2.50. The molecule has 1 aromatic rings. The van der Waals surface area contributed by atoms with Gasteiger partial charge in [0.05, 0.1) is 13.7 Å². The predicted molar refractivity (Wildman–Crippen MR) is 135 cm³/mol. The van der Waals surface area contributed by atoms with E-state index in [1.54, 1.807) is 46.8 Å². The second kappa shape index (κ2) is 13.2. The van der Waals surface area contributed by atoms with Crippen molar-refractivity contribution in [1.82, 2.24) is 10.4 Å². The molecule has 216 valence electrons. The number of nitrogens with one attached hydrogen (secondary N) is 2. The maximum atomic E-state index is 14.2. The number of aliphatic hydroxyl groups excluding tert-OH is 3. The van der Waals surface area contributed by atoms with Gasteiger partial charge in [0.2, 0.25) is 5.91 Å². The summed E-state index contributed by atoms with van der Waals surface area (Å²) >= 11 is 0. The summed E-state index contributed by atoms with van der Waals surface area (Å²) < 4.78 is 41.6. The largest absolute Gasteiger partial charge is 0.497 e. The number of carbonyl (C=O) groups is 2. The first kappa shape index (κ1) is 32.0. The standard InChI is InChI=1S/C24H39N2O11P/c1-13(2)18(23(31)35-24(4,5)6)26-38(32,36-16-10-8-15(33-7)9-11-16)37-21-17(12-27)34-22(30)19(20(21)29)25-14(3)28/h8-11,13,17-22,27,29-30H,12H2,1-7H3,(H,25,28)(H,26,32)/t17-,18?,19-,20-,21-,22+,38?/m1/s1. The second-order valence-corrected chi connectivity index (χ2v) is 11.8. The van der Waals surface area contributed by atoms with Crippen LogP contribution in [0.1, 0.15) is 41.5 Å². The van der Waals surface area contributed by atoms with Crippen molar-refractivity contribution in [2.24, 2.45) is 5.92 Å². The monoisotopic (exact) mass is 562 g/mol. The third-order valence-electron chi connectivity index (χ3n) is 5.41. The van der Waals surface area contributed by atoms with Crippen LogP contribution < -0.4 is 19.7 Å². The Morgan fingerprint density at radius 2 is 1.71 bits per heavy atom. The van der Waals surface area contributed by atoms with Gasteiger partial charge in [0.25, 0.3) is 0 Å². The molecule has 7 atom stereocenters. The molecule has 0 radical (unpaired) electrons. The van der Waals surface area contributed by atoms with E-state index < -0.39 is 74.4 Å². The Hall–Kier alpha value is -2.25. The SMILES string of the molecule is COc1ccc(OP(=O)(NC(C(=O)OC(C)(C)C)C(C)C)O[C@H]2[C@H](O)[C@@H](NC(C)=O)[C@@H](O)O[C@@H]2CO)cc1. The lowest BCUT2D eigenvalue weighted by atomic mass is 9.97. The molecule has 14 heteroatoms. The smallest absolute Gasteiger partial charge is 0.459 e. The number of hydrogen-bond donors (Lipinski definition) is 5. The Morgan fingerprint density at radius 1 is 1.13 bits per heavy atom. The van der Waals surface area contributed by atoms with E-state index in [9.17, 15) is 29.5 Å². The average Bonchev–Trinajstić information content (AvgIpc) is 2.81. The summed E-state index contributed by atoms with van der Waals surface area (Å²) in [5, 5.41) is 36.0. The number of benzene rings is 1. The molecule has 13 nitrogen and oxygen atoms in total. The second-order valence-electron chi connectivity index (χ2n) is 10.2. The van der Waals surface area contributed by atoms with Crippen LogP contribution in [0.15, 0.2) is 24.3 Å². The number of hydrogen-bond acceptors (Lipinski definition) is 11. The van der Waals surface area contributed by atoms with Gasteiger partial charge in [-0.2, -0.15) is 5.09 Å². The minimum atomic E-state index is -4.57. The minimum Gasteiger partial charge on any atom is -0.497 e. The molecule has 5 N–H and O–H groups in total. The topological polar surface area (TPSA) is 182 Å². The summed E-state index contributed by atoms with van der Waals surface area (Å²) in [6, 6.07) is 3.45. The maximum Gasteiger partial charge on any atom is 0.459 e. The third-order valence-corrected chi connectivity index (χ3v) is 6.98. The first-order valence-electron chi connectivity index (χ1n) is 12.1. The van der Waals surface area contributed by atoms with Gasteiger partial charge in [-0.15, -0.1) is 0 Å². The Balaban J connectivity index is 2.47. The summed E-state index contributed by atoms with van der Waals surface area (Å²) in [5.74, 6) is -1.19. The van der Waals surface area contributed by atoms with Crippen molar-refractivity contribution in [2.45, 2.75) is 83.8 Å². The van der Waals surface area contributed by atoms with Crippen LogP contribution >= 0.6 is 7.75 Å². The molecule has 1 amide bonds. The number of methoxy groups -OCH3 is 1. The van der Waals surface area contributed by atoms with Crippen LogP contribution in [-0.2, 0) is 28.2 Å². The van der Waals surface area contributed by atoms with E-state index >= 15 is 0 Å². The molecule has 1 fully saturated rings. The highest BCUT2D eigenvalue weighted by atomic mass is 31.2. The number of esters is 1. The molecular weight excluding hydrogens is 523 g/mol. The van der Waals surface area contributed by atoms with Crippen molar-refractivity contribution in [2.75, 3.05) is 13.7 Å². The molecule has 0 aliphatic carbocycles. The summed E-state index contributed by atoms with van der Waals surface area (Å²) in [7, 11) is -3.10. The zero-order valence-corrected chi connectivity index (χ0v) is 23.5. The number of carbonyl (C=O) groups excluding carboxylic acids is 2. The molecule has 1 aliphatic rings.